The number of piperidine rings is 4. The van der Waals surface area contributed by atoms with Gasteiger partial charge in [0.25, 0.3) is 23.6 Å². The Balaban J connectivity index is 0.000000153. The number of methoxy groups -OCH3 is 1. The molecule has 736 valence electrons. The number of alkyl halides is 9. The van der Waals surface area contributed by atoms with Crippen molar-refractivity contribution in [2.45, 2.75) is 233 Å². The van der Waals surface area contributed by atoms with Crippen LogP contribution in [0.2, 0.25) is 0 Å². The molecule has 0 bridgehead atoms. The topological polar surface area (TPSA) is 242 Å². The number of sulfonamides is 2. The molecule has 9 aliphatic rings. The number of carbonyl (C=O) groups is 5. The molecule has 17 rings (SSSR count). The number of hydrogen-bond acceptors (Lipinski definition) is 15. The number of rotatable bonds is 14. The fourth-order valence-corrected chi connectivity index (χ4v) is 25.2. The molecular weight excluding hydrogens is 1860 g/mol. The van der Waals surface area contributed by atoms with Crippen molar-refractivity contribution in [3.8, 4) is 11.5 Å². The van der Waals surface area contributed by atoms with E-state index < -0.39 is 72.3 Å². The Morgan fingerprint density at radius 3 is 1.37 bits per heavy atom. The Kier molecular flexibility index (Phi) is 29.5. The van der Waals surface area contributed by atoms with Gasteiger partial charge in [0.2, 0.25) is 20.0 Å². The van der Waals surface area contributed by atoms with Crippen LogP contribution in [0.5, 0.6) is 11.5 Å². The van der Waals surface area contributed by atoms with Gasteiger partial charge >= 0.3 is 18.5 Å². The summed E-state index contributed by atoms with van der Waals surface area (Å²) < 4.78 is 193. The average Bonchev–Trinajstić information content (AvgIpc) is 1.55. The van der Waals surface area contributed by atoms with Gasteiger partial charge in [0.1, 0.15) is 17.1 Å². The van der Waals surface area contributed by atoms with E-state index in [9.17, 15) is 80.3 Å². The summed E-state index contributed by atoms with van der Waals surface area (Å²) in [5, 5.41) is 3.89. The van der Waals surface area contributed by atoms with Gasteiger partial charge in [0.15, 0.2) is 17.3 Å². The van der Waals surface area contributed by atoms with Gasteiger partial charge in [-0.15, -0.1) is 0 Å². The molecular formula is C98H126BrF9N14O11S2. The standard InChI is InChI=1S/C28H37N3O2.C24H29BrF3N3O3.2C23H29F3N4O3S.H2/c1-20(32)24-17-25-28(29-27(2,3)19-31(25)18-24)13-15-30(16-14-28)26(33)23-11-9-22(10-12-23)21-7-5-4-6-8-21;1-15(2)34-18-6-5-16(13-19(18)33-4)22(32)30-9-7-23(8-10-30)21-17(25)14-20(24(26,27)28)31(21)12-11-29(23)3;1-16-15-17(5-6-18(16)34(32,33)27(2)3)21(31)29-11-9-22(10-12-29)19-7-8-20(23(24,25)26)30(19)14-13-28(22)4;1-4-27-34(32,33)18-6-5-17(15-16(18)2)21(31)29-11-9-22(10-12-29)19-7-8-20(23(24,25)26)30(19)14-13-28(22)3;/h9-12,17-18,21,29H,4-8,13-16,19H2,1-3H3;5-6,13-15H,7-12H2,1-4H3;5-8,15H,9-14H2,1-4H3;5-8,15,27H,4,9-14H2,1-3H3;1H. The first kappa shape index (κ1) is 102. The van der Waals surface area contributed by atoms with E-state index in [1.165, 1.54) is 109 Å². The molecule has 25 nitrogen and oxygen atoms in total. The number of nitrogens with one attached hydrogen (secondary N) is 2. The van der Waals surface area contributed by atoms with Crippen molar-refractivity contribution in [2.24, 2.45) is 0 Å². The van der Waals surface area contributed by atoms with Crippen LogP contribution in [0.15, 0.2) is 136 Å². The molecule has 8 aliphatic heterocycles. The number of halogens is 10. The third-order valence-corrected chi connectivity index (χ3v) is 33.4. The summed E-state index contributed by atoms with van der Waals surface area (Å²) in [6, 6.07) is 31.3. The van der Waals surface area contributed by atoms with Crippen LogP contribution in [0.3, 0.4) is 0 Å². The summed E-state index contributed by atoms with van der Waals surface area (Å²) in [6.07, 6.45) is 0.152. The van der Waals surface area contributed by atoms with Crippen molar-refractivity contribution in [1.29, 1.82) is 0 Å². The van der Waals surface area contributed by atoms with E-state index >= 15 is 0 Å². The molecule has 4 amide bonds. The molecule has 4 saturated heterocycles. The van der Waals surface area contributed by atoms with Crippen LogP contribution in [0, 0.1) is 13.8 Å². The minimum absolute atomic E-state index is 0. The van der Waals surface area contributed by atoms with Gasteiger partial charge in [-0.25, -0.2) is 25.9 Å². The van der Waals surface area contributed by atoms with Crippen LogP contribution >= 0.6 is 15.9 Å². The van der Waals surface area contributed by atoms with Crippen LogP contribution < -0.4 is 19.5 Å². The smallest absolute Gasteiger partial charge is 0.431 e. The highest BCUT2D eigenvalue weighted by Crippen LogP contribution is 2.51. The molecule has 1 aliphatic carbocycles. The van der Waals surface area contributed by atoms with Crippen LogP contribution in [-0.4, -0.2) is 236 Å². The number of carbonyl (C=O) groups excluding carboxylic acids is 5. The van der Waals surface area contributed by atoms with Crippen molar-refractivity contribution < 1.29 is 91.2 Å². The maximum absolute atomic E-state index is 13.6. The molecule has 0 radical (unpaired) electrons. The van der Waals surface area contributed by atoms with Crippen molar-refractivity contribution >= 4 is 65.4 Å². The first-order chi connectivity index (χ1) is 63.4. The number of Topliss-reactive ketones (excluding diaryl/α,β-unsaturated/α-hetero) is 1. The molecule has 0 atom stereocenters. The molecule has 8 aromatic rings. The van der Waals surface area contributed by atoms with Gasteiger partial charge < -0.3 is 47.3 Å². The Morgan fingerprint density at radius 1 is 0.511 bits per heavy atom. The summed E-state index contributed by atoms with van der Waals surface area (Å²) in [5.41, 5.74) is 4.51. The number of benzene rings is 4. The Hall–Kier alpha value is -9.34. The number of fused-ring (bicyclic) bond motifs is 8. The predicted octanol–water partition coefficient (Wildman–Crippen LogP) is 17.0. The van der Waals surface area contributed by atoms with Gasteiger partial charge in [0.05, 0.1) is 50.9 Å². The fourth-order valence-electron chi connectivity index (χ4n) is 22.0. The van der Waals surface area contributed by atoms with Gasteiger partial charge in [0, 0.05) is 181 Å². The highest BCUT2D eigenvalue weighted by Gasteiger charge is 2.54. The molecule has 2 N–H and O–H groups in total. The third kappa shape index (κ3) is 20.3. The SMILES string of the molecule is CC(=O)c1cc2n(c1)CC(C)(C)NC21CCN(C(=O)c2ccc(C3CCCCC3)cc2)CC1.CCNS(=O)(=O)c1ccc(C(=O)N2CCC3(CC2)c2ccc(C(F)(F)F)n2CCN3C)cc1C.COc1cc(C(=O)N2CCC3(CC2)c2c(Br)cc(C(F)(F)F)n2CCN3C)ccc1OC(C)C.Cc1cc(C(=O)N2CCC3(CC2)c2ccc(C(F)(F)F)n2CCN3C)ccc1S(=O)(=O)N(C)C.[HH]. The zero-order valence-corrected chi connectivity index (χ0v) is 82.4. The Morgan fingerprint density at radius 2 is 0.933 bits per heavy atom. The van der Waals surface area contributed by atoms with E-state index in [0.717, 1.165) is 47.0 Å². The van der Waals surface area contributed by atoms with Crippen LogP contribution in [0.25, 0.3) is 0 Å². The number of likely N-dealkylation sites (tertiary alicyclic amines) is 4. The summed E-state index contributed by atoms with van der Waals surface area (Å²) >= 11 is 3.40. The maximum Gasteiger partial charge on any atom is 0.431 e. The molecule has 4 spiro atoms. The lowest BCUT2D eigenvalue weighted by Crippen LogP contribution is -2.63. The van der Waals surface area contributed by atoms with E-state index in [2.05, 4.69) is 77.3 Å². The lowest BCUT2D eigenvalue weighted by molar-refractivity contribution is -0.145. The van der Waals surface area contributed by atoms with E-state index in [-0.39, 0.29) is 84.0 Å². The second-order valence-electron chi connectivity index (χ2n) is 38.5. The van der Waals surface area contributed by atoms with E-state index in [1.54, 1.807) is 84.9 Å². The zero-order chi connectivity index (χ0) is 98.0. The first-order valence-corrected chi connectivity index (χ1v) is 50.1. The number of ketones is 1. The number of ether oxygens (including phenoxy) is 2. The van der Waals surface area contributed by atoms with Crippen molar-refractivity contribution in [3.63, 3.8) is 0 Å². The molecule has 135 heavy (non-hydrogen) atoms. The van der Waals surface area contributed by atoms with Crippen molar-refractivity contribution in [3.05, 3.63) is 210 Å². The highest BCUT2D eigenvalue weighted by atomic mass is 79.9. The lowest BCUT2D eigenvalue weighted by atomic mass is 9.79. The number of hydrogen-bond donors (Lipinski definition) is 2. The average molecular weight is 1990 g/mol. The molecule has 5 fully saturated rings. The minimum Gasteiger partial charge on any atom is -0.493 e. The zero-order valence-electron chi connectivity index (χ0n) is 79.2. The third-order valence-electron chi connectivity index (χ3n) is 29.2. The van der Waals surface area contributed by atoms with Crippen LogP contribution in [0.1, 0.15) is 241 Å². The van der Waals surface area contributed by atoms with Crippen LogP contribution in [-0.2, 0) is 86.9 Å². The summed E-state index contributed by atoms with van der Waals surface area (Å²) in [4.78, 5) is 78.7. The quantitative estimate of drug-likeness (QED) is 0.0760. The molecule has 12 heterocycles. The van der Waals surface area contributed by atoms with E-state index in [0.29, 0.717) is 177 Å². The predicted molar refractivity (Wildman–Crippen MR) is 500 cm³/mol. The Bertz CT molecular complexity index is 5970. The monoisotopic (exact) mass is 1990 g/mol. The second-order valence-corrected chi connectivity index (χ2v) is 43.2. The molecule has 1 saturated carbocycles. The summed E-state index contributed by atoms with van der Waals surface area (Å²) in [6.45, 7) is 22.2. The van der Waals surface area contributed by atoms with E-state index in [4.69, 9.17) is 9.47 Å². The van der Waals surface area contributed by atoms with Crippen LogP contribution in [0.4, 0.5) is 39.5 Å². The van der Waals surface area contributed by atoms with Gasteiger partial charge in [-0.2, -0.15) is 39.5 Å². The van der Waals surface area contributed by atoms with Crippen molar-refractivity contribution in [1.82, 2.24) is 66.9 Å². The maximum atomic E-state index is 13.6. The first-order valence-electron chi connectivity index (χ1n) is 46.3. The number of aromatic nitrogens is 4. The van der Waals surface area contributed by atoms with E-state index in [1.807, 2.05) is 58.2 Å². The van der Waals surface area contributed by atoms with Gasteiger partial charge in [-0.3, -0.25) is 44.0 Å². The highest BCUT2D eigenvalue weighted by molar-refractivity contribution is 9.10. The number of amides is 4. The second kappa shape index (κ2) is 39.2. The lowest BCUT2D eigenvalue weighted by Gasteiger charge is -2.51. The normalized spacial score (nSPS) is 19.6. The fraction of sp³-hybridized carbons (Fsp3) is 0.541. The van der Waals surface area contributed by atoms with Crippen molar-refractivity contribution in [2.75, 3.05) is 121 Å². The number of aryl methyl sites for hydroxylation is 2. The molecule has 0 unspecified atom stereocenters. The number of nitrogens with zero attached hydrogens (tertiary/aromatic N) is 12. The number of likely N-dealkylation sites (N-methyl/N-ethyl adjacent to an activating group) is 3. The largest absolute Gasteiger partial charge is 0.493 e. The summed E-state index contributed by atoms with van der Waals surface area (Å²) in [7, 11) is 2.99. The molecule has 4 aromatic carbocycles. The minimum atomic E-state index is -4.42. The Labute approximate surface area is 794 Å². The molecule has 4 aromatic heterocycles. The molecule has 37 heteroatoms. The van der Waals surface area contributed by atoms with Gasteiger partial charge in [-0.05, 0) is 275 Å². The summed E-state index contributed by atoms with van der Waals surface area (Å²) in [5.74, 6) is 1.40. The van der Waals surface area contributed by atoms with Gasteiger partial charge in [-0.1, -0.05) is 38.3 Å².